The van der Waals surface area contributed by atoms with Gasteiger partial charge in [-0.1, -0.05) is 50.0 Å². The molecule has 2 saturated heterocycles. The number of carbonyl (C=O) groups is 2. The van der Waals surface area contributed by atoms with Gasteiger partial charge in [-0.2, -0.15) is 8.42 Å². The molecule has 4 aromatic rings. The first kappa shape index (κ1) is 52.7. The Morgan fingerprint density at radius 3 is 1.46 bits per heavy atom. The van der Waals surface area contributed by atoms with Crippen LogP contribution < -0.4 is 28.4 Å². The Hall–Kier alpha value is -6.17. The molecular weight excluding hydrogens is 965 g/mol. The maximum atomic E-state index is 13.0. The Kier molecular flexibility index (Phi) is 16.8. The fraction of sp³-hybridized carbons (Fsp3) is 0.509. The number of hydrogen-bond acceptors (Lipinski definition) is 14. The van der Waals surface area contributed by atoms with E-state index in [0.717, 1.165) is 47.5 Å². The van der Waals surface area contributed by atoms with Crippen molar-refractivity contribution in [2.75, 3.05) is 86.3 Å². The summed E-state index contributed by atoms with van der Waals surface area (Å²) in [5.41, 5.74) is 6.54. The molecule has 2 saturated carbocycles. The molecule has 10 rings (SSSR count). The maximum absolute atomic E-state index is 13.0. The molecule has 2 aliphatic heterocycles. The lowest BCUT2D eigenvalue weighted by Crippen LogP contribution is -2.48. The zero-order valence-corrected chi connectivity index (χ0v) is 43.7. The molecule has 2 spiro atoms. The van der Waals surface area contributed by atoms with E-state index < -0.39 is 10.1 Å². The van der Waals surface area contributed by atoms with Crippen LogP contribution in [0.3, 0.4) is 0 Å². The lowest BCUT2D eigenvalue weighted by atomic mass is 9.86. The summed E-state index contributed by atoms with van der Waals surface area (Å²) in [6.45, 7) is 3.66. The molecule has 1 N–H and O–H groups in total. The third kappa shape index (κ3) is 13.0. The third-order valence-corrected chi connectivity index (χ3v) is 16.1. The SMILES string of the molecule is COc1cc(C2CN(C(=O)c3cc(OCCO)ccn3)C2)ccc1OCC1=CC2(CCCC2)CC1.COc1cc(C2CN(C(=O)c3cc(OCCOS(C)(=O)=O)ccn3)C2)ccc1OCC1=CC2(CCCC2)CC1. The molecule has 74 heavy (non-hydrogen) atoms. The van der Waals surface area contributed by atoms with Crippen LogP contribution in [0.15, 0.2) is 96.4 Å². The molecule has 0 unspecified atom stereocenters. The highest BCUT2D eigenvalue weighted by Gasteiger charge is 2.38. The zero-order valence-electron chi connectivity index (χ0n) is 42.9. The number of ether oxygens (including phenoxy) is 6. The van der Waals surface area contributed by atoms with E-state index in [-0.39, 0.29) is 55.8 Å². The molecule has 0 atom stereocenters. The van der Waals surface area contributed by atoms with Gasteiger partial charge in [0.15, 0.2) is 23.0 Å². The van der Waals surface area contributed by atoms with Gasteiger partial charge in [0.25, 0.3) is 21.9 Å². The van der Waals surface area contributed by atoms with Crippen molar-refractivity contribution in [1.82, 2.24) is 19.8 Å². The summed E-state index contributed by atoms with van der Waals surface area (Å²) in [6, 6.07) is 18.6. The predicted molar refractivity (Wildman–Crippen MR) is 278 cm³/mol. The highest BCUT2D eigenvalue weighted by atomic mass is 32.2. The highest BCUT2D eigenvalue weighted by molar-refractivity contribution is 7.85. The van der Waals surface area contributed by atoms with E-state index in [1.165, 1.54) is 81.6 Å². The number of nitrogens with zero attached hydrogens (tertiary/aromatic N) is 4. The minimum absolute atomic E-state index is 0.0381. The Bertz CT molecular complexity index is 2790. The number of aliphatic hydroxyl groups is 1. The molecule has 396 valence electrons. The number of aromatic nitrogens is 2. The van der Waals surface area contributed by atoms with Gasteiger partial charge in [0, 0.05) is 62.5 Å². The fourth-order valence-electron chi connectivity index (χ4n) is 11.4. The standard InChI is InChI=1S/C29H36N2O7S.C28H34N2O5/c1-35-27-15-22(5-6-26(27)37-20-21-7-11-29(17-21)9-3-4-10-29)23-18-31(19-23)28(32)25-16-24(8-12-30-25)36-13-14-38-39(2,33)34;1-33-26-14-21(4-5-25(26)35-19-20-6-10-28(16-20)8-2-3-9-28)22-17-30(18-22)27(32)24-15-23(7-11-29-24)34-13-12-31/h5-6,8,12,15-17,23H,3-4,7,9-11,13-14,18-20H2,1-2H3;4-5,7,11,14-16,22,31H,2-3,6,8-10,12-13,17-19H2,1H3. The van der Waals surface area contributed by atoms with E-state index >= 15 is 0 Å². The predicted octanol–water partition coefficient (Wildman–Crippen LogP) is 8.70. The molecule has 6 aliphatic rings. The molecule has 17 heteroatoms. The molecule has 0 bridgehead atoms. The minimum atomic E-state index is -3.52. The second-order valence-electron chi connectivity index (χ2n) is 20.7. The van der Waals surface area contributed by atoms with Crippen LogP contribution in [0.1, 0.15) is 121 Å². The lowest BCUT2D eigenvalue weighted by Gasteiger charge is -2.39. The normalized spacial score (nSPS) is 18.8. The van der Waals surface area contributed by atoms with Crippen molar-refractivity contribution < 1.29 is 55.7 Å². The minimum Gasteiger partial charge on any atom is -0.493 e. The molecule has 2 aromatic carbocycles. The number of methoxy groups -OCH3 is 2. The van der Waals surface area contributed by atoms with Crippen LogP contribution >= 0.6 is 0 Å². The van der Waals surface area contributed by atoms with Gasteiger partial charge in [-0.15, -0.1) is 0 Å². The first-order valence-electron chi connectivity index (χ1n) is 26.1. The van der Waals surface area contributed by atoms with Crippen molar-refractivity contribution in [3.05, 3.63) is 119 Å². The summed E-state index contributed by atoms with van der Waals surface area (Å²) in [5, 5.41) is 8.92. The number of amides is 2. The van der Waals surface area contributed by atoms with Crippen molar-refractivity contribution in [1.29, 1.82) is 0 Å². The summed E-state index contributed by atoms with van der Waals surface area (Å²) in [7, 11) is -0.202. The summed E-state index contributed by atoms with van der Waals surface area (Å²) in [6.07, 6.45) is 24.4. The Morgan fingerprint density at radius 2 is 1.04 bits per heavy atom. The van der Waals surface area contributed by atoms with Crippen LogP contribution in [-0.4, -0.2) is 131 Å². The molecule has 2 aromatic heterocycles. The second kappa shape index (κ2) is 23.6. The first-order chi connectivity index (χ1) is 35.8. The molecule has 2 amide bonds. The number of pyridine rings is 2. The first-order valence-corrected chi connectivity index (χ1v) is 27.9. The van der Waals surface area contributed by atoms with Gasteiger partial charge in [0.1, 0.15) is 55.9 Å². The molecular formula is C57H70N4O12S. The van der Waals surface area contributed by atoms with Crippen LogP contribution in [0.25, 0.3) is 0 Å². The van der Waals surface area contributed by atoms with Gasteiger partial charge in [-0.25, -0.2) is 0 Å². The molecule has 16 nitrogen and oxygen atoms in total. The fourth-order valence-corrected chi connectivity index (χ4v) is 11.8. The molecule has 4 fully saturated rings. The summed E-state index contributed by atoms with van der Waals surface area (Å²) in [5.74, 6) is 4.05. The van der Waals surface area contributed by atoms with Gasteiger partial charge >= 0.3 is 0 Å². The van der Waals surface area contributed by atoms with E-state index in [0.29, 0.717) is 73.2 Å². The highest BCUT2D eigenvalue weighted by Crippen LogP contribution is 2.50. The van der Waals surface area contributed by atoms with Crippen LogP contribution in [0.4, 0.5) is 0 Å². The van der Waals surface area contributed by atoms with Crippen molar-refractivity contribution in [2.24, 2.45) is 10.8 Å². The van der Waals surface area contributed by atoms with Crippen LogP contribution in [0.5, 0.6) is 34.5 Å². The summed E-state index contributed by atoms with van der Waals surface area (Å²) >= 11 is 0. The molecule has 4 aliphatic carbocycles. The Morgan fingerprint density at radius 1 is 0.595 bits per heavy atom. The average Bonchev–Trinajstić information content (AvgIpc) is 4.23. The van der Waals surface area contributed by atoms with Crippen molar-refractivity contribution in [2.45, 2.75) is 88.9 Å². The van der Waals surface area contributed by atoms with E-state index in [1.807, 2.05) is 24.3 Å². The van der Waals surface area contributed by atoms with E-state index in [2.05, 4.69) is 38.4 Å². The monoisotopic (exact) mass is 1030 g/mol. The number of carbonyl (C=O) groups excluding carboxylic acids is 2. The molecule has 4 heterocycles. The van der Waals surface area contributed by atoms with Crippen molar-refractivity contribution >= 4 is 21.9 Å². The van der Waals surface area contributed by atoms with E-state index in [1.54, 1.807) is 54.5 Å². The van der Waals surface area contributed by atoms with Gasteiger partial charge in [-0.05, 0) is 121 Å². The Labute approximate surface area is 435 Å². The summed E-state index contributed by atoms with van der Waals surface area (Å²) in [4.78, 5) is 37.7. The van der Waals surface area contributed by atoms with Crippen molar-refractivity contribution in [3.63, 3.8) is 0 Å². The number of allylic oxidation sites excluding steroid dienone is 2. The number of likely N-dealkylation sites (tertiary alicyclic amines) is 2. The Balaban J connectivity index is 0.000000183. The third-order valence-electron chi connectivity index (χ3n) is 15.5. The number of benzene rings is 2. The smallest absolute Gasteiger partial charge is 0.272 e. The van der Waals surface area contributed by atoms with Gasteiger partial charge in [-0.3, -0.25) is 23.7 Å². The van der Waals surface area contributed by atoms with E-state index in [4.69, 9.17) is 33.5 Å². The van der Waals surface area contributed by atoms with Gasteiger partial charge in [0.2, 0.25) is 0 Å². The largest absolute Gasteiger partial charge is 0.493 e. The topological polar surface area (TPSA) is 185 Å². The number of hydrogen-bond donors (Lipinski definition) is 1. The second-order valence-corrected chi connectivity index (χ2v) is 22.3. The van der Waals surface area contributed by atoms with Crippen LogP contribution in [-0.2, 0) is 14.3 Å². The van der Waals surface area contributed by atoms with Gasteiger partial charge in [0.05, 0.1) is 27.1 Å². The maximum Gasteiger partial charge on any atom is 0.272 e. The number of rotatable bonds is 20. The number of aliphatic hydroxyl groups excluding tert-OH is 1. The zero-order chi connectivity index (χ0) is 51.7. The van der Waals surface area contributed by atoms with Crippen molar-refractivity contribution in [3.8, 4) is 34.5 Å². The molecule has 0 radical (unpaired) electrons. The van der Waals surface area contributed by atoms with Gasteiger partial charge < -0.3 is 43.3 Å². The average molecular weight is 1040 g/mol. The van der Waals surface area contributed by atoms with Crippen LogP contribution in [0, 0.1) is 10.8 Å². The quantitative estimate of drug-likeness (QED) is 0.0503. The van der Waals surface area contributed by atoms with E-state index in [9.17, 15) is 18.0 Å². The van der Waals surface area contributed by atoms with Crippen LogP contribution in [0.2, 0.25) is 0 Å². The lowest BCUT2D eigenvalue weighted by molar-refractivity contribution is 0.0589. The summed E-state index contributed by atoms with van der Waals surface area (Å²) < 4.78 is 61.3.